The van der Waals surface area contributed by atoms with Crippen LogP contribution in [0.4, 0.5) is 0 Å². The van der Waals surface area contributed by atoms with Gasteiger partial charge in [-0.25, -0.2) is 0 Å². The van der Waals surface area contributed by atoms with E-state index in [0.717, 1.165) is 31.5 Å². The SMILES string of the molecule is CCCn1ncc(C(=O)NCC(O)c2ccco2)c1C1CC1. The molecule has 6 nitrogen and oxygen atoms in total. The van der Waals surface area contributed by atoms with Gasteiger partial charge in [-0.1, -0.05) is 6.92 Å². The topological polar surface area (TPSA) is 80.3 Å². The zero-order valence-electron chi connectivity index (χ0n) is 12.7. The molecular formula is C16H21N3O3. The minimum Gasteiger partial charge on any atom is -0.467 e. The van der Waals surface area contributed by atoms with E-state index >= 15 is 0 Å². The fourth-order valence-corrected chi connectivity index (χ4v) is 2.61. The van der Waals surface area contributed by atoms with E-state index in [1.165, 1.54) is 6.26 Å². The number of nitrogens with zero attached hydrogens (tertiary/aromatic N) is 2. The Balaban J connectivity index is 1.67. The van der Waals surface area contributed by atoms with E-state index in [2.05, 4.69) is 17.3 Å². The largest absolute Gasteiger partial charge is 0.467 e. The highest BCUT2D eigenvalue weighted by Crippen LogP contribution is 2.41. The molecule has 0 spiro atoms. The zero-order chi connectivity index (χ0) is 15.5. The van der Waals surface area contributed by atoms with Crippen molar-refractivity contribution >= 4 is 5.91 Å². The van der Waals surface area contributed by atoms with Gasteiger partial charge >= 0.3 is 0 Å². The molecule has 1 fully saturated rings. The number of furan rings is 1. The molecule has 0 bridgehead atoms. The predicted octanol–water partition coefficient (Wildman–Crippen LogP) is 2.23. The first-order chi connectivity index (χ1) is 10.7. The normalized spacial score (nSPS) is 15.7. The Labute approximate surface area is 129 Å². The molecule has 2 aromatic heterocycles. The zero-order valence-corrected chi connectivity index (χ0v) is 12.7. The number of carbonyl (C=O) groups is 1. The van der Waals surface area contributed by atoms with Crippen molar-refractivity contribution in [2.75, 3.05) is 6.54 Å². The van der Waals surface area contributed by atoms with Crippen LogP contribution in [0.2, 0.25) is 0 Å². The third kappa shape index (κ3) is 3.06. The van der Waals surface area contributed by atoms with Gasteiger partial charge in [-0.3, -0.25) is 9.48 Å². The lowest BCUT2D eigenvalue weighted by Crippen LogP contribution is -2.28. The molecule has 1 aliphatic rings. The minimum atomic E-state index is -0.839. The summed E-state index contributed by atoms with van der Waals surface area (Å²) >= 11 is 0. The number of aryl methyl sites for hydroxylation is 1. The van der Waals surface area contributed by atoms with Gasteiger partial charge in [0.15, 0.2) is 0 Å². The highest BCUT2D eigenvalue weighted by molar-refractivity contribution is 5.95. The number of hydrogen-bond acceptors (Lipinski definition) is 4. The predicted molar refractivity (Wildman–Crippen MR) is 80.5 cm³/mol. The molecule has 1 aliphatic carbocycles. The third-order valence-electron chi connectivity index (χ3n) is 3.85. The first-order valence-corrected chi connectivity index (χ1v) is 7.76. The molecule has 1 atom stereocenters. The van der Waals surface area contributed by atoms with Gasteiger partial charge in [-0.2, -0.15) is 5.10 Å². The van der Waals surface area contributed by atoms with Crippen LogP contribution in [0.3, 0.4) is 0 Å². The number of carbonyl (C=O) groups excluding carboxylic acids is 1. The molecule has 3 rings (SSSR count). The molecule has 2 aromatic rings. The first kappa shape index (κ1) is 14.8. The third-order valence-corrected chi connectivity index (χ3v) is 3.85. The molecule has 1 saturated carbocycles. The van der Waals surface area contributed by atoms with Crippen LogP contribution in [0.5, 0.6) is 0 Å². The Morgan fingerprint density at radius 3 is 3.05 bits per heavy atom. The maximum absolute atomic E-state index is 12.4. The van der Waals surface area contributed by atoms with E-state index in [4.69, 9.17) is 4.42 Å². The molecule has 118 valence electrons. The summed E-state index contributed by atoms with van der Waals surface area (Å²) in [5, 5.41) is 17.1. The number of aliphatic hydroxyl groups is 1. The van der Waals surface area contributed by atoms with Crippen molar-refractivity contribution < 1.29 is 14.3 Å². The Kier molecular flexibility index (Phi) is 4.29. The number of rotatable bonds is 7. The van der Waals surface area contributed by atoms with Crippen molar-refractivity contribution in [3.05, 3.63) is 41.6 Å². The average molecular weight is 303 g/mol. The van der Waals surface area contributed by atoms with Crippen LogP contribution in [-0.2, 0) is 6.54 Å². The molecular weight excluding hydrogens is 282 g/mol. The lowest BCUT2D eigenvalue weighted by Gasteiger charge is -2.11. The first-order valence-electron chi connectivity index (χ1n) is 7.76. The molecule has 0 radical (unpaired) electrons. The van der Waals surface area contributed by atoms with Crippen LogP contribution in [0.15, 0.2) is 29.0 Å². The van der Waals surface area contributed by atoms with Crippen LogP contribution in [0, 0.1) is 0 Å². The fourth-order valence-electron chi connectivity index (χ4n) is 2.61. The van der Waals surface area contributed by atoms with Gasteiger partial charge in [-0.15, -0.1) is 0 Å². The van der Waals surface area contributed by atoms with Crippen molar-refractivity contribution in [3.8, 4) is 0 Å². The molecule has 0 aromatic carbocycles. The highest BCUT2D eigenvalue weighted by Gasteiger charge is 2.32. The van der Waals surface area contributed by atoms with Crippen LogP contribution < -0.4 is 5.32 Å². The quantitative estimate of drug-likeness (QED) is 0.822. The molecule has 2 heterocycles. The van der Waals surface area contributed by atoms with Crippen molar-refractivity contribution in [1.82, 2.24) is 15.1 Å². The van der Waals surface area contributed by atoms with Gasteiger partial charge in [0.1, 0.15) is 11.9 Å². The second kappa shape index (κ2) is 6.36. The van der Waals surface area contributed by atoms with E-state index in [1.807, 2.05) is 4.68 Å². The summed E-state index contributed by atoms with van der Waals surface area (Å²) < 4.78 is 7.06. The molecule has 1 unspecified atom stereocenters. The van der Waals surface area contributed by atoms with Gasteiger partial charge in [0.25, 0.3) is 5.91 Å². The smallest absolute Gasteiger partial charge is 0.254 e. The van der Waals surface area contributed by atoms with Gasteiger partial charge in [0, 0.05) is 12.5 Å². The lowest BCUT2D eigenvalue weighted by molar-refractivity contribution is 0.0900. The minimum absolute atomic E-state index is 0.120. The molecule has 22 heavy (non-hydrogen) atoms. The van der Waals surface area contributed by atoms with E-state index in [1.54, 1.807) is 18.3 Å². The Morgan fingerprint density at radius 2 is 2.41 bits per heavy atom. The van der Waals surface area contributed by atoms with Crippen LogP contribution in [0.1, 0.15) is 60.0 Å². The van der Waals surface area contributed by atoms with E-state index in [9.17, 15) is 9.90 Å². The van der Waals surface area contributed by atoms with Crippen LogP contribution in [0.25, 0.3) is 0 Å². The van der Waals surface area contributed by atoms with Crippen molar-refractivity contribution in [2.24, 2.45) is 0 Å². The maximum Gasteiger partial charge on any atom is 0.254 e. The second-order valence-corrected chi connectivity index (χ2v) is 5.68. The van der Waals surface area contributed by atoms with E-state index in [-0.39, 0.29) is 12.5 Å². The summed E-state index contributed by atoms with van der Waals surface area (Å²) in [4.78, 5) is 12.4. The number of nitrogens with one attached hydrogen (secondary N) is 1. The van der Waals surface area contributed by atoms with Crippen LogP contribution >= 0.6 is 0 Å². The molecule has 6 heteroatoms. The Morgan fingerprint density at radius 1 is 1.59 bits per heavy atom. The number of aliphatic hydroxyl groups excluding tert-OH is 1. The molecule has 0 saturated heterocycles. The van der Waals surface area contributed by atoms with E-state index in [0.29, 0.717) is 17.2 Å². The average Bonchev–Trinajstić information content (AvgIpc) is 3.04. The standard InChI is InChI=1S/C16H21N3O3/c1-2-7-19-15(11-5-6-11)12(9-18-19)16(21)17-10-13(20)14-4-3-8-22-14/h3-4,8-9,11,13,20H,2,5-7,10H2,1H3,(H,17,21). The number of aromatic nitrogens is 2. The summed E-state index contributed by atoms with van der Waals surface area (Å²) in [5.41, 5.74) is 1.66. The highest BCUT2D eigenvalue weighted by atomic mass is 16.4. The fraction of sp³-hybridized carbons (Fsp3) is 0.500. The molecule has 2 N–H and O–H groups in total. The summed E-state index contributed by atoms with van der Waals surface area (Å²) in [6.45, 7) is 3.04. The van der Waals surface area contributed by atoms with Crippen molar-refractivity contribution in [3.63, 3.8) is 0 Å². The Bertz CT molecular complexity index is 629. The summed E-state index contributed by atoms with van der Waals surface area (Å²) in [5.74, 6) is 0.712. The molecule has 1 amide bonds. The van der Waals surface area contributed by atoms with Crippen LogP contribution in [-0.4, -0.2) is 27.3 Å². The monoisotopic (exact) mass is 303 g/mol. The van der Waals surface area contributed by atoms with E-state index < -0.39 is 6.10 Å². The maximum atomic E-state index is 12.4. The van der Waals surface area contributed by atoms with Gasteiger partial charge in [-0.05, 0) is 31.4 Å². The number of amides is 1. The summed E-state index contributed by atoms with van der Waals surface area (Å²) in [6.07, 6.45) is 5.52. The number of hydrogen-bond donors (Lipinski definition) is 2. The lowest BCUT2D eigenvalue weighted by atomic mass is 10.1. The van der Waals surface area contributed by atoms with Crippen molar-refractivity contribution in [2.45, 2.75) is 44.8 Å². The Hall–Kier alpha value is -2.08. The van der Waals surface area contributed by atoms with Gasteiger partial charge in [0.05, 0.1) is 30.3 Å². The second-order valence-electron chi connectivity index (χ2n) is 5.68. The van der Waals surface area contributed by atoms with Crippen molar-refractivity contribution in [1.29, 1.82) is 0 Å². The summed E-state index contributed by atoms with van der Waals surface area (Å²) in [7, 11) is 0. The molecule has 0 aliphatic heterocycles. The van der Waals surface area contributed by atoms with Gasteiger partial charge in [0.2, 0.25) is 0 Å². The van der Waals surface area contributed by atoms with Gasteiger partial charge < -0.3 is 14.8 Å². The summed E-state index contributed by atoms with van der Waals surface area (Å²) in [6, 6.07) is 3.39.